The van der Waals surface area contributed by atoms with Gasteiger partial charge in [-0.05, 0) is 25.0 Å². The third kappa shape index (κ3) is 2.95. The van der Waals surface area contributed by atoms with Crippen LogP contribution in [-0.2, 0) is 4.79 Å². The van der Waals surface area contributed by atoms with Crippen LogP contribution in [0.25, 0.3) is 0 Å². The van der Waals surface area contributed by atoms with Crippen molar-refractivity contribution >= 4 is 11.6 Å². The van der Waals surface area contributed by atoms with Crippen molar-refractivity contribution in [3.05, 3.63) is 23.8 Å². The number of hydrogen-bond acceptors (Lipinski definition) is 4. The van der Waals surface area contributed by atoms with Crippen molar-refractivity contribution in [2.75, 3.05) is 14.2 Å². The third-order valence-electron chi connectivity index (χ3n) is 3.51. The Morgan fingerprint density at radius 2 is 1.74 bits per heavy atom. The summed E-state index contributed by atoms with van der Waals surface area (Å²) >= 11 is 0. The van der Waals surface area contributed by atoms with E-state index in [1.165, 1.54) is 14.2 Å². The van der Waals surface area contributed by atoms with E-state index in [-0.39, 0.29) is 11.6 Å². The lowest BCUT2D eigenvalue weighted by Crippen LogP contribution is -2.27. The summed E-state index contributed by atoms with van der Waals surface area (Å²) in [5.41, 5.74) is 0.483. The van der Waals surface area contributed by atoms with Gasteiger partial charge in [-0.15, -0.1) is 0 Å². The number of hydrogen-bond donors (Lipinski definition) is 0. The van der Waals surface area contributed by atoms with Crippen molar-refractivity contribution in [3.63, 3.8) is 0 Å². The summed E-state index contributed by atoms with van der Waals surface area (Å²) in [6.45, 7) is 0. The Bertz CT molecular complexity index is 471. The van der Waals surface area contributed by atoms with Gasteiger partial charge in [0, 0.05) is 18.1 Å². The van der Waals surface area contributed by atoms with Crippen LogP contribution in [0.1, 0.15) is 36.0 Å². The minimum atomic E-state index is -0.495. The van der Waals surface area contributed by atoms with Gasteiger partial charge < -0.3 is 9.47 Å². The first-order valence-electron chi connectivity index (χ1n) is 6.45. The predicted octanol–water partition coefficient (Wildman–Crippen LogP) is 2.65. The molecule has 0 aliphatic heterocycles. The van der Waals surface area contributed by atoms with Gasteiger partial charge >= 0.3 is 0 Å². The Kier molecular flexibility index (Phi) is 4.20. The van der Waals surface area contributed by atoms with Crippen LogP contribution in [0.15, 0.2) is 18.2 Å². The normalized spacial score (nSPS) is 19.1. The number of ether oxygens (including phenoxy) is 2. The Labute approximate surface area is 112 Å². The SMILES string of the molecule is COc1cc(OC)cc(C(=O)C2CCCCC2=O)c1. The zero-order chi connectivity index (χ0) is 13.8. The molecule has 0 bridgehead atoms. The molecule has 4 heteroatoms. The first-order chi connectivity index (χ1) is 9.15. The van der Waals surface area contributed by atoms with Crippen LogP contribution in [0.5, 0.6) is 11.5 Å². The molecule has 2 rings (SSSR count). The van der Waals surface area contributed by atoms with Crippen LogP contribution in [0, 0.1) is 5.92 Å². The summed E-state index contributed by atoms with van der Waals surface area (Å²) in [6, 6.07) is 5.03. The molecule has 1 aliphatic carbocycles. The zero-order valence-electron chi connectivity index (χ0n) is 11.3. The Morgan fingerprint density at radius 3 is 2.26 bits per heavy atom. The van der Waals surface area contributed by atoms with Gasteiger partial charge in [0.15, 0.2) is 5.78 Å². The molecule has 1 saturated carbocycles. The molecule has 1 aromatic carbocycles. The number of ketones is 2. The minimum Gasteiger partial charge on any atom is -0.497 e. The van der Waals surface area contributed by atoms with Crippen LogP contribution < -0.4 is 9.47 Å². The molecule has 1 aliphatic rings. The first-order valence-corrected chi connectivity index (χ1v) is 6.45. The number of carbonyl (C=O) groups is 2. The Balaban J connectivity index is 2.29. The largest absolute Gasteiger partial charge is 0.497 e. The van der Waals surface area contributed by atoms with Gasteiger partial charge in [-0.1, -0.05) is 6.42 Å². The molecule has 4 nitrogen and oxygen atoms in total. The molecule has 102 valence electrons. The highest BCUT2D eigenvalue weighted by molar-refractivity contribution is 6.11. The minimum absolute atomic E-state index is 0.0537. The van der Waals surface area contributed by atoms with E-state index in [0.29, 0.717) is 29.9 Å². The van der Waals surface area contributed by atoms with Gasteiger partial charge in [-0.25, -0.2) is 0 Å². The zero-order valence-corrected chi connectivity index (χ0v) is 11.3. The number of carbonyl (C=O) groups excluding carboxylic acids is 2. The summed E-state index contributed by atoms with van der Waals surface area (Å²) in [6.07, 6.45) is 2.99. The highest BCUT2D eigenvalue weighted by Gasteiger charge is 2.30. The number of methoxy groups -OCH3 is 2. The maximum atomic E-state index is 12.4. The maximum Gasteiger partial charge on any atom is 0.173 e. The van der Waals surface area contributed by atoms with Gasteiger partial charge in [0.25, 0.3) is 0 Å². The number of rotatable bonds is 4. The van der Waals surface area contributed by atoms with Crippen LogP contribution in [0.3, 0.4) is 0 Å². The Hall–Kier alpha value is -1.84. The van der Waals surface area contributed by atoms with Crippen molar-refractivity contribution in [2.45, 2.75) is 25.7 Å². The molecule has 0 spiro atoms. The highest BCUT2D eigenvalue weighted by Crippen LogP contribution is 2.28. The van der Waals surface area contributed by atoms with E-state index in [9.17, 15) is 9.59 Å². The first kappa shape index (κ1) is 13.6. The van der Waals surface area contributed by atoms with Gasteiger partial charge in [-0.2, -0.15) is 0 Å². The van der Waals surface area contributed by atoms with Crippen LogP contribution in [0.2, 0.25) is 0 Å². The summed E-state index contributed by atoms with van der Waals surface area (Å²) in [4.78, 5) is 24.2. The summed E-state index contributed by atoms with van der Waals surface area (Å²) < 4.78 is 10.3. The lowest BCUT2D eigenvalue weighted by Gasteiger charge is -2.19. The molecule has 0 N–H and O–H groups in total. The summed E-state index contributed by atoms with van der Waals surface area (Å²) in [5.74, 6) is 0.558. The molecule has 1 fully saturated rings. The molecule has 0 heterocycles. The lowest BCUT2D eigenvalue weighted by atomic mass is 9.83. The second-order valence-electron chi connectivity index (χ2n) is 4.73. The van der Waals surface area contributed by atoms with Crippen molar-refractivity contribution in [3.8, 4) is 11.5 Å². The average molecular weight is 262 g/mol. The van der Waals surface area contributed by atoms with Gasteiger partial charge in [0.2, 0.25) is 0 Å². The molecule has 0 radical (unpaired) electrons. The molecule has 19 heavy (non-hydrogen) atoms. The fourth-order valence-corrected chi connectivity index (χ4v) is 2.41. The Morgan fingerprint density at radius 1 is 1.11 bits per heavy atom. The van der Waals surface area contributed by atoms with Crippen molar-refractivity contribution < 1.29 is 19.1 Å². The second kappa shape index (κ2) is 5.87. The molecule has 1 atom stereocenters. The van der Waals surface area contributed by atoms with Gasteiger partial charge in [-0.3, -0.25) is 9.59 Å². The van der Waals surface area contributed by atoms with E-state index in [1.54, 1.807) is 18.2 Å². The molecule has 1 unspecified atom stereocenters. The van der Waals surface area contributed by atoms with Crippen LogP contribution in [-0.4, -0.2) is 25.8 Å². The smallest absolute Gasteiger partial charge is 0.173 e. The van der Waals surface area contributed by atoms with E-state index < -0.39 is 5.92 Å². The van der Waals surface area contributed by atoms with E-state index >= 15 is 0 Å². The highest BCUT2D eigenvalue weighted by atomic mass is 16.5. The van der Waals surface area contributed by atoms with Crippen molar-refractivity contribution in [1.29, 1.82) is 0 Å². The van der Waals surface area contributed by atoms with Crippen LogP contribution >= 0.6 is 0 Å². The van der Waals surface area contributed by atoms with Crippen molar-refractivity contribution in [1.82, 2.24) is 0 Å². The molecule has 0 amide bonds. The standard InChI is InChI=1S/C15H18O4/c1-18-11-7-10(8-12(9-11)19-2)15(17)13-5-3-4-6-14(13)16/h7-9,13H,3-6H2,1-2H3. The average Bonchev–Trinajstić information content (AvgIpc) is 2.46. The molecule has 1 aromatic rings. The van der Waals surface area contributed by atoms with Crippen molar-refractivity contribution in [2.24, 2.45) is 5.92 Å². The quantitative estimate of drug-likeness (QED) is 0.618. The number of benzene rings is 1. The predicted molar refractivity (Wildman–Crippen MR) is 70.8 cm³/mol. The van der Waals surface area contributed by atoms with Gasteiger partial charge in [0.05, 0.1) is 20.1 Å². The number of Topliss-reactive ketones (excluding diaryl/α,β-unsaturated/α-hetero) is 2. The van der Waals surface area contributed by atoms with Crippen LogP contribution in [0.4, 0.5) is 0 Å². The van der Waals surface area contributed by atoms with Gasteiger partial charge in [0.1, 0.15) is 17.3 Å². The topological polar surface area (TPSA) is 52.6 Å². The van der Waals surface area contributed by atoms with E-state index in [4.69, 9.17) is 9.47 Å². The molecule has 0 saturated heterocycles. The van der Waals surface area contributed by atoms with E-state index in [0.717, 1.165) is 12.8 Å². The maximum absolute atomic E-state index is 12.4. The third-order valence-corrected chi connectivity index (χ3v) is 3.51. The van der Waals surface area contributed by atoms with E-state index in [1.807, 2.05) is 0 Å². The monoisotopic (exact) mass is 262 g/mol. The fourth-order valence-electron chi connectivity index (χ4n) is 2.41. The fraction of sp³-hybridized carbons (Fsp3) is 0.467. The summed E-state index contributed by atoms with van der Waals surface area (Å²) in [5, 5.41) is 0. The van der Waals surface area contributed by atoms with E-state index in [2.05, 4.69) is 0 Å². The second-order valence-corrected chi connectivity index (χ2v) is 4.73. The molecule has 0 aromatic heterocycles. The lowest BCUT2D eigenvalue weighted by molar-refractivity contribution is -0.122. The summed E-state index contributed by atoms with van der Waals surface area (Å²) in [7, 11) is 3.07. The molecular formula is C15H18O4. The molecular weight excluding hydrogens is 244 g/mol.